The number of carbonyl (C=O) groups excluding carboxylic acids is 1. The van der Waals surface area contributed by atoms with Crippen LogP contribution in [0.5, 0.6) is 5.75 Å². The average Bonchev–Trinajstić information content (AvgIpc) is 3.50. The highest BCUT2D eigenvalue weighted by molar-refractivity contribution is 6.13. The molecule has 0 bridgehead atoms. The van der Waals surface area contributed by atoms with Gasteiger partial charge >= 0.3 is 0 Å². The Kier molecular flexibility index (Phi) is 5.65. The Balaban J connectivity index is 1.82. The number of anilines is 2. The fourth-order valence-corrected chi connectivity index (χ4v) is 2.92. The van der Waals surface area contributed by atoms with Gasteiger partial charge in [0.25, 0.3) is 0 Å². The number of methoxy groups -OCH3 is 1. The number of ether oxygens (including phenoxy) is 1. The monoisotopic (exact) mass is 400 g/mol. The molecule has 152 valence electrons. The van der Waals surface area contributed by atoms with Crippen LogP contribution in [0.1, 0.15) is 24.0 Å². The molecule has 1 saturated carbocycles. The summed E-state index contributed by atoms with van der Waals surface area (Å²) in [6.07, 6.45) is 4.40. The molecule has 0 aromatic heterocycles. The molecule has 1 aliphatic carbocycles. The van der Waals surface area contributed by atoms with Gasteiger partial charge in [0, 0.05) is 11.3 Å². The van der Waals surface area contributed by atoms with E-state index in [1.54, 1.807) is 13.1 Å². The van der Waals surface area contributed by atoms with E-state index in [9.17, 15) is 13.6 Å². The number of nitrogen functional groups attached to an aromatic ring is 1. The Morgan fingerprint density at radius 2 is 1.97 bits per heavy atom. The van der Waals surface area contributed by atoms with Crippen LogP contribution in [0.4, 0.5) is 20.2 Å². The lowest BCUT2D eigenvalue weighted by molar-refractivity contribution is -0.119. The maximum Gasteiger partial charge on any atom is 0.244 e. The lowest BCUT2D eigenvalue weighted by Gasteiger charge is -2.16. The molecule has 0 unspecified atom stereocenters. The number of allylic oxidation sites excluding steroid dienone is 1. The molecule has 2 aromatic carbocycles. The van der Waals surface area contributed by atoms with E-state index in [0.717, 1.165) is 6.07 Å². The predicted molar refractivity (Wildman–Crippen MR) is 109 cm³/mol. The van der Waals surface area contributed by atoms with Crippen LogP contribution in [0.25, 0.3) is 6.08 Å². The van der Waals surface area contributed by atoms with Gasteiger partial charge in [0.05, 0.1) is 24.0 Å². The minimum atomic E-state index is -0.674. The quantitative estimate of drug-likeness (QED) is 0.423. The van der Waals surface area contributed by atoms with Crippen molar-refractivity contribution < 1.29 is 18.3 Å². The highest BCUT2D eigenvalue weighted by atomic mass is 19.1. The summed E-state index contributed by atoms with van der Waals surface area (Å²) in [7, 11) is 3.05. The first kappa shape index (κ1) is 20.5. The first-order valence-corrected chi connectivity index (χ1v) is 8.99. The van der Waals surface area contributed by atoms with Gasteiger partial charge in [0.1, 0.15) is 5.82 Å². The third kappa shape index (κ3) is 4.27. The van der Waals surface area contributed by atoms with Gasteiger partial charge in [-0.3, -0.25) is 4.79 Å². The zero-order chi connectivity index (χ0) is 21.2. The number of rotatable bonds is 7. The fourth-order valence-electron chi connectivity index (χ4n) is 2.92. The maximum atomic E-state index is 14.3. The van der Waals surface area contributed by atoms with Crippen molar-refractivity contribution in [3.8, 4) is 5.75 Å². The second-order valence-corrected chi connectivity index (χ2v) is 6.85. The van der Waals surface area contributed by atoms with E-state index < -0.39 is 17.2 Å². The molecular weight excluding hydrogens is 378 g/mol. The van der Waals surface area contributed by atoms with E-state index in [2.05, 4.69) is 10.6 Å². The van der Waals surface area contributed by atoms with E-state index >= 15 is 0 Å². The molecule has 0 saturated heterocycles. The molecule has 0 aliphatic heterocycles. The van der Waals surface area contributed by atoms with Crippen LogP contribution < -0.4 is 21.1 Å². The van der Waals surface area contributed by atoms with Crippen LogP contribution in [0.15, 0.2) is 36.4 Å². The maximum absolute atomic E-state index is 14.3. The number of likely N-dealkylation sites (N-methyl/N-ethyl adjacent to an activating group) is 1. The summed E-state index contributed by atoms with van der Waals surface area (Å²) in [6, 6.07) is 6.71. The molecular formula is C21H22F2N4O2. The molecule has 1 amide bonds. The van der Waals surface area contributed by atoms with Crippen molar-refractivity contribution >= 4 is 29.1 Å². The van der Waals surface area contributed by atoms with Gasteiger partial charge < -0.3 is 26.5 Å². The molecule has 3 rings (SSSR count). The molecule has 0 radical (unpaired) electrons. The molecule has 5 N–H and O–H groups in total. The van der Waals surface area contributed by atoms with Gasteiger partial charge in [0.15, 0.2) is 11.6 Å². The van der Waals surface area contributed by atoms with Crippen molar-refractivity contribution in [1.29, 1.82) is 5.41 Å². The second kappa shape index (κ2) is 8.00. The number of nitrogens with one attached hydrogen (secondary N) is 3. The minimum absolute atomic E-state index is 0.0102. The summed E-state index contributed by atoms with van der Waals surface area (Å²) in [5.41, 5.74) is 6.13. The van der Waals surface area contributed by atoms with Gasteiger partial charge in [-0.25, -0.2) is 8.78 Å². The van der Waals surface area contributed by atoms with Gasteiger partial charge in [-0.1, -0.05) is 12.1 Å². The largest absolute Gasteiger partial charge is 0.494 e. The zero-order valence-electron chi connectivity index (χ0n) is 16.1. The van der Waals surface area contributed by atoms with E-state index in [-0.39, 0.29) is 34.3 Å². The van der Waals surface area contributed by atoms with Crippen molar-refractivity contribution in [3.05, 3.63) is 59.2 Å². The molecule has 0 heterocycles. The highest BCUT2D eigenvalue weighted by Gasteiger charge is 2.48. The first-order valence-electron chi connectivity index (χ1n) is 8.99. The lowest BCUT2D eigenvalue weighted by atomic mass is 10.0. The van der Waals surface area contributed by atoms with Gasteiger partial charge in [-0.2, -0.15) is 0 Å². The van der Waals surface area contributed by atoms with Crippen LogP contribution in [-0.2, 0) is 4.79 Å². The standard InChI is InChI=1S/C21H22F2N4O2/c1-26-21(7-8-21)20(28)27-18-10-13(17(25)11-15(18)23)16(24)6-4-12-3-5-14(22)19(9-12)29-2/h3-6,9-11,24,26H,7-8,25H2,1-2H3,(H,27,28)/b6-4+,24-16?. The molecule has 29 heavy (non-hydrogen) atoms. The normalized spacial score (nSPS) is 14.6. The SMILES string of the molecule is CNC1(C(=O)Nc2cc(C(=N)/C=C/c3ccc(F)c(OC)c3)c(N)cc2F)CC1. The summed E-state index contributed by atoms with van der Waals surface area (Å²) in [4.78, 5) is 12.4. The molecule has 1 aliphatic rings. The Labute approximate surface area is 167 Å². The van der Waals surface area contributed by atoms with Crippen LogP contribution in [-0.4, -0.2) is 31.3 Å². The number of amides is 1. The van der Waals surface area contributed by atoms with Crippen molar-refractivity contribution in [2.75, 3.05) is 25.2 Å². The topological polar surface area (TPSA) is 100 Å². The number of nitrogens with two attached hydrogens (primary N) is 1. The molecule has 0 spiro atoms. The smallest absolute Gasteiger partial charge is 0.244 e. The van der Waals surface area contributed by atoms with Gasteiger partial charge in [-0.15, -0.1) is 0 Å². The third-order valence-corrected chi connectivity index (χ3v) is 4.96. The molecule has 8 heteroatoms. The summed E-state index contributed by atoms with van der Waals surface area (Å²) in [5.74, 6) is -1.40. The molecule has 6 nitrogen and oxygen atoms in total. The number of hydrogen-bond acceptors (Lipinski definition) is 5. The summed E-state index contributed by atoms with van der Waals surface area (Å²) >= 11 is 0. The molecule has 0 atom stereocenters. The molecule has 2 aromatic rings. The number of carbonyl (C=O) groups is 1. The van der Waals surface area contributed by atoms with Crippen molar-refractivity contribution in [3.63, 3.8) is 0 Å². The van der Waals surface area contributed by atoms with E-state index in [1.807, 2.05) is 0 Å². The predicted octanol–water partition coefficient (Wildman–Crippen LogP) is 3.33. The van der Waals surface area contributed by atoms with Crippen LogP contribution >= 0.6 is 0 Å². The van der Waals surface area contributed by atoms with Gasteiger partial charge in [-0.05, 0) is 55.8 Å². The Morgan fingerprint density at radius 3 is 2.59 bits per heavy atom. The van der Waals surface area contributed by atoms with E-state index in [0.29, 0.717) is 18.4 Å². The zero-order valence-corrected chi connectivity index (χ0v) is 16.1. The van der Waals surface area contributed by atoms with Crippen LogP contribution in [0, 0.1) is 17.0 Å². The third-order valence-electron chi connectivity index (χ3n) is 4.96. The first-order chi connectivity index (χ1) is 13.8. The van der Waals surface area contributed by atoms with E-state index in [4.69, 9.17) is 15.9 Å². The van der Waals surface area contributed by atoms with Crippen molar-refractivity contribution in [2.45, 2.75) is 18.4 Å². The summed E-state index contributed by atoms with van der Waals surface area (Å²) in [5, 5.41) is 13.8. The highest BCUT2D eigenvalue weighted by Crippen LogP contribution is 2.36. The lowest BCUT2D eigenvalue weighted by Crippen LogP contribution is -2.40. The Hall–Kier alpha value is -3.26. The van der Waals surface area contributed by atoms with Crippen LogP contribution in [0.2, 0.25) is 0 Å². The Morgan fingerprint density at radius 1 is 1.24 bits per heavy atom. The number of benzene rings is 2. The fraction of sp³-hybridized carbons (Fsp3) is 0.238. The van der Waals surface area contributed by atoms with Gasteiger partial charge in [0.2, 0.25) is 5.91 Å². The summed E-state index contributed by atoms with van der Waals surface area (Å²) < 4.78 is 32.7. The minimum Gasteiger partial charge on any atom is -0.494 e. The van der Waals surface area contributed by atoms with Crippen molar-refractivity contribution in [2.24, 2.45) is 0 Å². The van der Waals surface area contributed by atoms with E-state index in [1.165, 1.54) is 37.5 Å². The number of halogens is 2. The molecule has 1 fully saturated rings. The Bertz CT molecular complexity index is 1000. The van der Waals surface area contributed by atoms with Crippen molar-refractivity contribution in [1.82, 2.24) is 5.32 Å². The second-order valence-electron chi connectivity index (χ2n) is 6.85. The summed E-state index contributed by atoms with van der Waals surface area (Å²) in [6.45, 7) is 0. The number of hydrogen-bond donors (Lipinski definition) is 4. The van der Waals surface area contributed by atoms with Crippen LogP contribution in [0.3, 0.4) is 0 Å². The average molecular weight is 400 g/mol.